The Morgan fingerprint density at radius 2 is 1.82 bits per heavy atom. The summed E-state index contributed by atoms with van der Waals surface area (Å²) >= 11 is 13.6. The molecule has 0 atom stereocenters. The number of likely N-dealkylation sites (N-methyl/N-ethyl adjacent to an activating group) is 1. The van der Waals surface area contributed by atoms with Gasteiger partial charge in [0.15, 0.2) is 0 Å². The molecule has 0 aliphatic carbocycles. The minimum Gasteiger partial charge on any atom is -0.495 e. The van der Waals surface area contributed by atoms with Gasteiger partial charge in [-0.15, -0.1) is 0 Å². The quantitative estimate of drug-likeness (QED) is 0.257. The van der Waals surface area contributed by atoms with Crippen molar-refractivity contribution >= 4 is 52.5 Å². The maximum atomic E-state index is 11.8. The lowest BCUT2D eigenvalue weighted by atomic mass is 9.98. The molecule has 2 aromatic rings. The van der Waals surface area contributed by atoms with E-state index in [4.69, 9.17) is 42.4 Å². The number of rotatable bonds is 13. The fraction of sp³-hybridized carbons (Fsp3) is 0.516. The van der Waals surface area contributed by atoms with E-state index in [0.717, 1.165) is 62.6 Å². The molecule has 2 fully saturated rings. The van der Waals surface area contributed by atoms with Gasteiger partial charge in [-0.3, -0.25) is 4.79 Å². The van der Waals surface area contributed by atoms with Gasteiger partial charge in [0.2, 0.25) is 11.9 Å². The van der Waals surface area contributed by atoms with Gasteiger partial charge < -0.3 is 39.1 Å². The van der Waals surface area contributed by atoms with Crippen molar-refractivity contribution in [3.63, 3.8) is 0 Å². The second-order valence-electron chi connectivity index (χ2n) is 11.2. The summed E-state index contributed by atoms with van der Waals surface area (Å²) in [6, 6.07) is 1.68. The number of hydrogen-bond acceptors (Lipinski definition) is 10. The SMILES string of the molecule is C=CC(=O)N1CC(OCCN2CC(c3c(Cl)c(OC)cc(OC)c3Cl)=Cc3cnc(NCCCN4CCN(C)CC4)nc32)C1. The number of piperazine rings is 1. The molecule has 0 radical (unpaired) electrons. The molecule has 0 unspecified atom stereocenters. The molecule has 1 aromatic carbocycles. The van der Waals surface area contributed by atoms with E-state index in [2.05, 4.69) is 38.6 Å². The Kier molecular flexibility index (Phi) is 10.9. The standard InChI is InChI=1S/C31H41Cl2N7O4/c1-5-26(41)40-19-23(20-40)44-14-13-39-18-22(27-28(32)24(42-3)16-25(43-4)29(27)33)15-21-17-35-31(36-30(21)39)34-7-6-8-38-11-9-37(2)10-12-38/h5,15-17,23H,1,6-14,18-20H2,2-4H3,(H,34,35,36). The zero-order valence-corrected chi connectivity index (χ0v) is 27.2. The lowest BCUT2D eigenvalue weighted by Crippen LogP contribution is -2.54. The van der Waals surface area contributed by atoms with Gasteiger partial charge in [-0.2, -0.15) is 4.98 Å². The molecule has 1 aromatic heterocycles. The Bertz CT molecular complexity index is 1350. The largest absolute Gasteiger partial charge is 0.495 e. The second kappa shape index (κ2) is 14.8. The number of aromatic nitrogens is 2. The van der Waals surface area contributed by atoms with Gasteiger partial charge in [-0.05, 0) is 37.7 Å². The minimum atomic E-state index is -0.0766. The summed E-state index contributed by atoms with van der Waals surface area (Å²) in [6.07, 6.45) is 6.17. The van der Waals surface area contributed by atoms with Crippen molar-refractivity contribution in [3.8, 4) is 11.5 Å². The van der Waals surface area contributed by atoms with E-state index < -0.39 is 0 Å². The number of carbonyl (C=O) groups excluding carboxylic acids is 1. The number of fused-ring (bicyclic) bond motifs is 1. The number of nitrogens with zero attached hydrogens (tertiary/aromatic N) is 6. The molecule has 0 spiro atoms. The lowest BCUT2D eigenvalue weighted by molar-refractivity contribution is -0.139. The molecule has 1 amide bonds. The van der Waals surface area contributed by atoms with Crippen LogP contribution in [-0.2, 0) is 9.53 Å². The van der Waals surface area contributed by atoms with E-state index in [9.17, 15) is 4.79 Å². The Morgan fingerprint density at radius 1 is 1.11 bits per heavy atom. The number of methoxy groups -OCH3 is 2. The van der Waals surface area contributed by atoms with Crippen LogP contribution in [-0.4, -0.2) is 130 Å². The lowest BCUT2D eigenvalue weighted by Gasteiger charge is -2.39. The predicted octanol–water partition coefficient (Wildman–Crippen LogP) is 3.62. The average Bonchev–Trinajstić information content (AvgIpc) is 3.01. The number of carbonyl (C=O) groups is 1. The van der Waals surface area contributed by atoms with Crippen LogP contribution in [0.15, 0.2) is 24.9 Å². The Hall–Kier alpha value is -3.09. The van der Waals surface area contributed by atoms with Crippen molar-refractivity contribution in [2.45, 2.75) is 12.5 Å². The number of halogens is 2. The van der Waals surface area contributed by atoms with Crippen molar-refractivity contribution in [2.75, 3.05) is 104 Å². The molecule has 3 aliphatic rings. The van der Waals surface area contributed by atoms with E-state index >= 15 is 0 Å². The van der Waals surface area contributed by atoms with Crippen molar-refractivity contribution in [1.29, 1.82) is 0 Å². The van der Waals surface area contributed by atoms with E-state index in [1.807, 2.05) is 12.3 Å². The highest BCUT2D eigenvalue weighted by Gasteiger charge is 2.31. The summed E-state index contributed by atoms with van der Waals surface area (Å²) in [5, 5.41) is 4.22. The number of amides is 1. The van der Waals surface area contributed by atoms with Gasteiger partial charge in [0, 0.05) is 82.3 Å². The maximum Gasteiger partial charge on any atom is 0.246 e. The molecule has 0 saturated carbocycles. The zero-order chi connectivity index (χ0) is 31.2. The predicted molar refractivity (Wildman–Crippen MR) is 175 cm³/mol. The van der Waals surface area contributed by atoms with Gasteiger partial charge in [0.1, 0.15) is 17.3 Å². The number of benzene rings is 1. The molecular formula is C31H41Cl2N7O4. The first-order valence-electron chi connectivity index (χ1n) is 14.9. The van der Waals surface area contributed by atoms with E-state index in [1.54, 1.807) is 25.2 Å². The van der Waals surface area contributed by atoms with Crippen LogP contribution in [0.5, 0.6) is 11.5 Å². The number of hydrogen-bond donors (Lipinski definition) is 1. The average molecular weight is 647 g/mol. The zero-order valence-electron chi connectivity index (χ0n) is 25.7. The minimum absolute atomic E-state index is 0.00682. The van der Waals surface area contributed by atoms with Gasteiger partial charge in [0.05, 0.1) is 37.0 Å². The van der Waals surface area contributed by atoms with Crippen LogP contribution in [0.2, 0.25) is 10.0 Å². The Labute approximate surface area is 269 Å². The van der Waals surface area contributed by atoms with Gasteiger partial charge in [-0.25, -0.2) is 4.98 Å². The summed E-state index contributed by atoms with van der Waals surface area (Å²) in [7, 11) is 5.29. The van der Waals surface area contributed by atoms with Gasteiger partial charge >= 0.3 is 0 Å². The summed E-state index contributed by atoms with van der Waals surface area (Å²) in [6.45, 7) is 12.4. The molecule has 5 rings (SSSR count). The van der Waals surface area contributed by atoms with Crippen LogP contribution in [0.25, 0.3) is 11.6 Å². The smallest absolute Gasteiger partial charge is 0.246 e. The fourth-order valence-corrected chi connectivity index (χ4v) is 6.34. The van der Waals surface area contributed by atoms with Crippen molar-refractivity contribution < 1.29 is 19.0 Å². The monoisotopic (exact) mass is 645 g/mol. The normalized spacial score (nSPS) is 17.5. The number of likely N-dealkylation sites (tertiary alicyclic amines) is 1. The van der Waals surface area contributed by atoms with Crippen LogP contribution in [0.3, 0.4) is 0 Å². The molecule has 1 N–H and O–H groups in total. The molecular weight excluding hydrogens is 605 g/mol. The Balaban J connectivity index is 1.31. The summed E-state index contributed by atoms with van der Waals surface area (Å²) in [4.78, 5) is 30.1. The van der Waals surface area contributed by atoms with Gasteiger partial charge in [-0.1, -0.05) is 29.8 Å². The molecule has 13 heteroatoms. The van der Waals surface area contributed by atoms with Crippen LogP contribution in [0.1, 0.15) is 17.5 Å². The molecule has 4 heterocycles. The first-order chi connectivity index (χ1) is 21.3. The number of ether oxygens (including phenoxy) is 3. The third kappa shape index (κ3) is 7.40. The third-order valence-electron chi connectivity index (χ3n) is 8.26. The molecule has 11 nitrogen and oxygen atoms in total. The maximum absolute atomic E-state index is 11.8. The van der Waals surface area contributed by atoms with Crippen LogP contribution in [0.4, 0.5) is 11.8 Å². The second-order valence-corrected chi connectivity index (χ2v) is 12.0. The molecule has 2 saturated heterocycles. The molecule has 3 aliphatic heterocycles. The van der Waals surface area contributed by atoms with Crippen molar-refractivity contribution in [1.82, 2.24) is 24.7 Å². The molecule has 44 heavy (non-hydrogen) atoms. The summed E-state index contributed by atoms with van der Waals surface area (Å²) in [5.41, 5.74) is 2.37. The van der Waals surface area contributed by atoms with Crippen molar-refractivity contribution in [2.24, 2.45) is 0 Å². The Morgan fingerprint density at radius 3 is 2.48 bits per heavy atom. The van der Waals surface area contributed by atoms with Crippen LogP contribution >= 0.6 is 23.2 Å². The summed E-state index contributed by atoms with van der Waals surface area (Å²) in [5.74, 6) is 2.25. The third-order valence-corrected chi connectivity index (χ3v) is 9.01. The number of anilines is 2. The van der Waals surface area contributed by atoms with Gasteiger partial charge in [0.25, 0.3) is 0 Å². The molecule has 238 valence electrons. The van der Waals surface area contributed by atoms with Crippen LogP contribution in [0, 0.1) is 0 Å². The highest BCUT2D eigenvalue weighted by Crippen LogP contribution is 2.45. The van der Waals surface area contributed by atoms with E-state index in [0.29, 0.717) is 65.8 Å². The molecule has 0 bridgehead atoms. The van der Waals surface area contributed by atoms with Crippen molar-refractivity contribution in [3.05, 3.63) is 46.1 Å². The van der Waals surface area contributed by atoms with E-state index in [-0.39, 0.29) is 12.0 Å². The highest BCUT2D eigenvalue weighted by molar-refractivity contribution is 6.39. The van der Waals surface area contributed by atoms with E-state index in [1.165, 1.54) is 6.08 Å². The summed E-state index contributed by atoms with van der Waals surface area (Å²) < 4.78 is 17.1. The highest BCUT2D eigenvalue weighted by atomic mass is 35.5. The topological polar surface area (TPSA) is 95.5 Å². The van der Waals surface area contributed by atoms with Crippen LogP contribution < -0.4 is 19.7 Å². The first kappa shape index (κ1) is 32.3. The number of nitrogens with one attached hydrogen (secondary N) is 1. The first-order valence-corrected chi connectivity index (χ1v) is 15.7. The fourth-order valence-electron chi connectivity index (χ4n) is 5.60.